The SMILES string of the molecule is CCCCC(c1[nH]cnc1C)C1CCCc2ccc(C#N)nc21. The Labute approximate surface area is 138 Å². The molecule has 4 heteroatoms. The number of hydrogen-bond acceptors (Lipinski definition) is 3. The van der Waals surface area contributed by atoms with Gasteiger partial charge < -0.3 is 4.98 Å². The highest BCUT2D eigenvalue weighted by Gasteiger charge is 2.32. The summed E-state index contributed by atoms with van der Waals surface area (Å²) in [5.74, 6) is 0.802. The molecule has 1 aliphatic carbocycles. The molecule has 0 radical (unpaired) electrons. The molecule has 120 valence electrons. The van der Waals surface area contributed by atoms with Gasteiger partial charge in [0, 0.05) is 23.2 Å². The molecule has 0 saturated heterocycles. The van der Waals surface area contributed by atoms with E-state index in [2.05, 4.69) is 40.9 Å². The van der Waals surface area contributed by atoms with Gasteiger partial charge in [0.25, 0.3) is 0 Å². The minimum atomic E-state index is 0.387. The minimum Gasteiger partial charge on any atom is -0.348 e. The number of aromatic nitrogens is 3. The molecule has 2 unspecified atom stereocenters. The molecule has 2 aromatic heterocycles. The first-order valence-corrected chi connectivity index (χ1v) is 8.64. The lowest BCUT2D eigenvalue weighted by molar-refractivity contribution is 0.417. The van der Waals surface area contributed by atoms with Crippen molar-refractivity contribution in [2.45, 2.75) is 64.2 Å². The van der Waals surface area contributed by atoms with Gasteiger partial charge in [-0.2, -0.15) is 5.26 Å². The van der Waals surface area contributed by atoms with E-state index in [0.717, 1.165) is 30.7 Å². The number of hydrogen-bond donors (Lipinski definition) is 1. The third-order valence-corrected chi connectivity index (χ3v) is 5.03. The number of fused-ring (bicyclic) bond motifs is 1. The van der Waals surface area contributed by atoms with E-state index in [0.29, 0.717) is 17.5 Å². The van der Waals surface area contributed by atoms with Gasteiger partial charge in [0.1, 0.15) is 11.8 Å². The van der Waals surface area contributed by atoms with Gasteiger partial charge in [0.15, 0.2) is 0 Å². The molecule has 2 atom stereocenters. The lowest BCUT2D eigenvalue weighted by Gasteiger charge is -2.31. The van der Waals surface area contributed by atoms with E-state index in [1.54, 1.807) is 6.33 Å². The average molecular weight is 308 g/mol. The number of pyridine rings is 1. The van der Waals surface area contributed by atoms with Gasteiger partial charge in [-0.15, -0.1) is 0 Å². The van der Waals surface area contributed by atoms with Crippen LogP contribution in [0.2, 0.25) is 0 Å². The van der Waals surface area contributed by atoms with Crippen LogP contribution in [0, 0.1) is 18.3 Å². The number of aryl methyl sites for hydroxylation is 2. The van der Waals surface area contributed by atoms with Crippen molar-refractivity contribution in [1.82, 2.24) is 15.0 Å². The number of nitrogens with one attached hydrogen (secondary N) is 1. The molecule has 0 saturated carbocycles. The zero-order valence-corrected chi connectivity index (χ0v) is 14.0. The molecule has 2 heterocycles. The van der Waals surface area contributed by atoms with E-state index in [4.69, 9.17) is 0 Å². The van der Waals surface area contributed by atoms with Crippen molar-refractivity contribution in [3.63, 3.8) is 0 Å². The maximum Gasteiger partial charge on any atom is 0.140 e. The summed E-state index contributed by atoms with van der Waals surface area (Å²) < 4.78 is 0. The predicted molar refractivity (Wildman–Crippen MR) is 90.2 cm³/mol. The second kappa shape index (κ2) is 6.95. The van der Waals surface area contributed by atoms with Crippen LogP contribution in [-0.2, 0) is 6.42 Å². The summed E-state index contributed by atoms with van der Waals surface area (Å²) in [6.45, 7) is 4.31. The van der Waals surface area contributed by atoms with Gasteiger partial charge >= 0.3 is 0 Å². The lowest BCUT2D eigenvalue weighted by Crippen LogP contribution is -2.20. The zero-order chi connectivity index (χ0) is 16.2. The van der Waals surface area contributed by atoms with E-state index >= 15 is 0 Å². The van der Waals surface area contributed by atoms with Gasteiger partial charge in [-0.1, -0.05) is 25.8 Å². The van der Waals surface area contributed by atoms with Crippen molar-refractivity contribution >= 4 is 0 Å². The highest BCUT2D eigenvalue weighted by atomic mass is 14.9. The molecule has 0 fully saturated rings. The van der Waals surface area contributed by atoms with Crippen LogP contribution in [0.1, 0.15) is 79.2 Å². The smallest absolute Gasteiger partial charge is 0.140 e. The van der Waals surface area contributed by atoms with Crippen LogP contribution in [0.25, 0.3) is 0 Å². The molecule has 0 aliphatic heterocycles. The monoisotopic (exact) mass is 308 g/mol. The number of aromatic amines is 1. The van der Waals surface area contributed by atoms with E-state index in [1.807, 2.05) is 6.07 Å². The fourth-order valence-electron chi connectivity index (χ4n) is 3.86. The number of nitriles is 1. The van der Waals surface area contributed by atoms with Crippen LogP contribution in [0.3, 0.4) is 0 Å². The summed E-state index contributed by atoms with van der Waals surface area (Å²) in [6, 6.07) is 6.15. The number of H-pyrrole nitrogens is 1. The highest BCUT2D eigenvalue weighted by molar-refractivity contribution is 5.35. The first-order chi connectivity index (χ1) is 11.2. The summed E-state index contributed by atoms with van der Waals surface area (Å²) in [6.07, 6.45) is 8.74. The van der Waals surface area contributed by atoms with Crippen LogP contribution in [0.5, 0.6) is 0 Å². The van der Waals surface area contributed by atoms with E-state index < -0.39 is 0 Å². The van der Waals surface area contributed by atoms with Crippen molar-refractivity contribution in [2.75, 3.05) is 0 Å². The van der Waals surface area contributed by atoms with Gasteiger partial charge in [-0.3, -0.25) is 0 Å². The lowest BCUT2D eigenvalue weighted by atomic mass is 9.75. The van der Waals surface area contributed by atoms with Crippen molar-refractivity contribution in [2.24, 2.45) is 0 Å². The third-order valence-electron chi connectivity index (χ3n) is 5.03. The molecule has 0 spiro atoms. The number of rotatable bonds is 5. The quantitative estimate of drug-likeness (QED) is 0.891. The van der Waals surface area contributed by atoms with Gasteiger partial charge in [0.2, 0.25) is 0 Å². The molecule has 1 aliphatic rings. The Kier molecular flexibility index (Phi) is 4.76. The Bertz CT molecular complexity index is 710. The summed E-state index contributed by atoms with van der Waals surface area (Å²) in [5, 5.41) is 9.20. The first kappa shape index (κ1) is 15.7. The number of nitrogens with zero attached hydrogens (tertiary/aromatic N) is 3. The fourth-order valence-corrected chi connectivity index (χ4v) is 3.86. The van der Waals surface area contributed by atoms with Crippen LogP contribution >= 0.6 is 0 Å². The molecule has 3 rings (SSSR count). The van der Waals surface area contributed by atoms with Crippen molar-refractivity contribution < 1.29 is 0 Å². The highest BCUT2D eigenvalue weighted by Crippen LogP contribution is 2.43. The minimum absolute atomic E-state index is 0.387. The average Bonchev–Trinajstić information content (AvgIpc) is 3.01. The Hall–Kier alpha value is -2.15. The normalized spacial score (nSPS) is 18.2. The summed E-state index contributed by atoms with van der Waals surface area (Å²) in [4.78, 5) is 12.5. The summed E-state index contributed by atoms with van der Waals surface area (Å²) in [7, 11) is 0. The standard InChI is InChI=1S/C19H24N4/c1-3-4-7-16(18-13(2)21-12-22-18)17-8-5-6-14-9-10-15(11-20)23-19(14)17/h9-10,12,16-17H,3-8H2,1-2H3,(H,21,22). The Morgan fingerprint density at radius 2 is 2.30 bits per heavy atom. The maximum atomic E-state index is 9.20. The molecular weight excluding hydrogens is 284 g/mol. The molecule has 2 aromatic rings. The van der Waals surface area contributed by atoms with Gasteiger partial charge in [0.05, 0.1) is 12.0 Å². The molecule has 1 N–H and O–H groups in total. The van der Waals surface area contributed by atoms with Crippen molar-refractivity contribution in [1.29, 1.82) is 5.26 Å². The second-order valence-corrected chi connectivity index (χ2v) is 6.50. The van der Waals surface area contributed by atoms with Gasteiger partial charge in [-0.05, 0) is 44.2 Å². The molecule has 0 bridgehead atoms. The number of imidazole rings is 1. The van der Waals surface area contributed by atoms with E-state index in [-0.39, 0.29) is 0 Å². The van der Waals surface area contributed by atoms with E-state index in [1.165, 1.54) is 30.5 Å². The zero-order valence-electron chi connectivity index (χ0n) is 14.0. The topological polar surface area (TPSA) is 65.4 Å². The fraction of sp³-hybridized carbons (Fsp3) is 0.526. The maximum absolute atomic E-state index is 9.20. The largest absolute Gasteiger partial charge is 0.348 e. The summed E-state index contributed by atoms with van der Waals surface area (Å²) in [5.41, 5.74) is 5.34. The van der Waals surface area contributed by atoms with E-state index in [9.17, 15) is 5.26 Å². The van der Waals surface area contributed by atoms with Crippen LogP contribution < -0.4 is 0 Å². The van der Waals surface area contributed by atoms with Crippen molar-refractivity contribution in [3.05, 3.63) is 46.8 Å². The second-order valence-electron chi connectivity index (χ2n) is 6.50. The molecule has 0 amide bonds. The van der Waals surface area contributed by atoms with Crippen LogP contribution in [0.15, 0.2) is 18.5 Å². The predicted octanol–water partition coefficient (Wildman–Crippen LogP) is 4.38. The van der Waals surface area contributed by atoms with Crippen molar-refractivity contribution in [3.8, 4) is 6.07 Å². The third kappa shape index (κ3) is 3.14. The molecule has 4 nitrogen and oxygen atoms in total. The molecular formula is C19H24N4. The van der Waals surface area contributed by atoms with Crippen LogP contribution in [0.4, 0.5) is 0 Å². The van der Waals surface area contributed by atoms with Crippen LogP contribution in [-0.4, -0.2) is 15.0 Å². The first-order valence-electron chi connectivity index (χ1n) is 8.64. The molecule has 23 heavy (non-hydrogen) atoms. The number of unbranched alkanes of at least 4 members (excludes halogenated alkanes) is 1. The van der Waals surface area contributed by atoms with Gasteiger partial charge in [-0.25, -0.2) is 9.97 Å². The molecule has 0 aromatic carbocycles. The Morgan fingerprint density at radius 3 is 3.00 bits per heavy atom. The summed E-state index contributed by atoms with van der Waals surface area (Å²) >= 11 is 0. The Morgan fingerprint density at radius 1 is 1.43 bits per heavy atom. The Balaban J connectivity index is 2.01.